The SMILES string of the molecule is C[C@@H](O)[C@@H](C=O)OCc1ccccc1. The van der Waals surface area contributed by atoms with Gasteiger partial charge in [-0.15, -0.1) is 0 Å². The largest absolute Gasteiger partial charge is 0.390 e. The van der Waals surface area contributed by atoms with Gasteiger partial charge in [0.1, 0.15) is 6.10 Å². The Labute approximate surface area is 83.3 Å². The van der Waals surface area contributed by atoms with Crippen molar-refractivity contribution in [1.82, 2.24) is 0 Å². The van der Waals surface area contributed by atoms with Gasteiger partial charge < -0.3 is 14.6 Å². The summed E-state index contributed by atoms with van der Waals surface area (Å²) in [6, 6.07) is 9.52. The smallest absolute Gasteiger partial charge is 0.151 e. The first-order valence-electron chi connectivity index (χ1n) is 4.53. The molecule has 0 aliphatic rings. The third-order valence-electron chi connectivity index (χ3n) is 1.89. The van der Waals surface area contributed by atoms with Gasteiger partial charge in [-0.25, -0.2) is 0 Å². The lowest BCUT2D eigenvalue weighted by molar-refractivity contribution is -0.125. The van der Waals surface area contributed by atoms with Crippen LogP contribution in [0.15, 0.2) is 30.3 Å². The first kappa shape index (κ1) is 10.9. The van der Waals surface area contributed by atoms with Gasteiger partial charge in [-0.3, -0.25) is 0 Å². The zero-order valence-electron chi connectivity index (χ0n) is 8.09. The van der Waals surface area contributed by atoms with E-state index in [0.29, 0.717) is 12.9 Å². The van der Waals surface area contributed by atoms with E-state index in [1.807, 2.05) is 30.3 Å². The maximum absolute atomic E-state index is 10.5. The average molecular weight is 194 g/mol. The molecule has 1 aromatic carbocycles. The fourth-order valence-electron chi connectivity index (χ4n) is 1.06. The minimum absolute atomic E-state index is 0.342. The molecule has 1 N–H and O–H groups in total. The van der Waals surface area contributed by atoms with Crippen LogP contribution in [0.2, 0.25) is 0 Å². The first-order valence-corrected chi connectivity index (χ1v) is 4.53. The van der Waals surface area contributed by atoms with E-state index in [-0.39, 0.29) is 0 Å². The molecular formula is C11H14O3. The molecule has 1 rings (SSSR count). The van der Waals surface area contributed by atoms with Crippen molar-refractivity contribution in [3.8, 4) is 0 Å². The van der Waals surface area contributed by atoms with Crippen molar-refractivity contribution in [2.45, 2.75) is 25.7 Å². The molecule has 0 bridgehead atoms. The molecule has 0 fully saturated rings. The van der Waals surface area contributed by atoms with Gasteiger partial charge in [-0.2, -0.15) is 0 Å². The number of hydrogen-bond donors (Lipinski definition) is 1. The Kier molecular flexibility index (Phi) is 4.29. The van der Waals surface area contributed by atoms with Gasteiger partial charge in [0.2, 0.25) is 0 Å². The molecule has 0 aromatic heterocycles. The topological polar surface area (TPSA) is 46.5 Å². The van der Waals surface area contributed by atoms with E-state index >= 15 is 0 Å². The van der Waals surface area contributed by atoms with Gasteiger partial charge in [-0.05, 0) is 12.5 Å². The summed E-state index contributed by atoms with van der Waals surface area (Å²) in [6.07, 6.45) is -0.889. The second kappa shape index (κ2) is 5.52. The van der Waals surface area contributed by atoms with E-state index in [0.717, 1.165) is 5.56 Å². The lowest BCUT2D eigenvalue weighted by Gasteiger charge is -2.14. The fourth-order valence-corrected chi connectivity index (χ4v) is 1.06. The van der Waals surface area contributed by atoms with E-state index < -0.39 is 12.2 Å². The van der Waals surface area contributed by atoms with Gasteiger partial charge in [0.25, 0.3) is 0 Å². The quantitative estimate of drug-likeness (QED) is 0.715. The number of rotatable bonds is 5. The summed E-state index contributed by atoms with van der Waals surface area (Å²) < 4.78 is 5.22. The van der Waals surface area contributed by atoms with Crippen LogP contribution < -0.4 is 0 Å². The van der Waals surface area contributed by atoms with Crippen LogP contribution in [0.5, 0.6) is 0 Å². The maximum Gasteiger partial charge on any atom is 0.151 e. The summed E-state index contributed by atoms with van der Waals surface area (Å²) in [5.74, 6) is 0. The van der Waals surface area contributed by atoms with E-state index in [4.69, 9.17) is 9.84 Å². The molecule has 1 aromatic rings. The zero-order valence-corrected chi connectivity index (χ0v) is 8.09. The molecule has 0 spiro atoms. The molecular weight excluding hydrogens is 180 g/mol. The van der Waals surface area contributed by atoms with Crippen molar-refractivity contribution in [2.24, 2.45) is 0 Å². The zero-order chi connectivity index (χ0) is 10.4. The van der Waals surface area contributed by atoms with Gasteiger partial charge in [0.05, 0.1) is 12.7 Å². The summed E-state index contributed by atoms with van der Waals surface area (Å²) in [4.78, 5) is 10.5. The Morgan fingerprint density at radius 1 is 1.43 bits per heavy atom. The minimum Gasteiger partial charge on any atom is -0.390 e. The predicted molar refractivity (Wildman–Crippen MR) is 52.8 cm³/mol. The molecule has 76 valence electrons. The first-order chi connectivity index (χ1) is 6.74. The highest BCUT2D eigenvalue weighted by Gasteiger charge is 2.13. The summed E-state index contributed by atoms with van der Waals surface area (Å²) in [5.41, 5.74) is 0.986. The summed E-state index contributed by atoms with van der Waals surface area (Å²) in [7, 11) is 0. The van der Waals surface area contributed by atoms with Crippen LogP contribution in [0.4, 0.5) is 0 Å². The normalized spacial score (nSPS) is 14.7. The maximum atomic E-state index is 10.5. The van der Waals surface area contributed by atoms with Crippen LogP contribution in [0.1, 0.15) is 12.5 Å². The molecule has 0 unspecified atom stereocenters. The molecule has 0 saturated carbocycles. The van der Waals surface area contributed by atoms with Crippen LogP contribution in [-0.2, 0) is 16.1 Å². The molecule has 3 heteroatoms. The number of hydrogen-bond acceptors (Lipinski definition) is 3. The number of benzene rings is 1. The molecule has 0 radical (unpaired) electrons. The highest BCUT2D eigenvalue weighted by molar-refractivity contribution is 5.56. The molecule has 0 aliphatic heterocycles. The molecule has 14 heavy (non-hydrogen) atoms. The predicted octanol–water partition coefficient (Wildman–Crippen LogP) is 1.15. The van der Waals surface area contributed by atoms with E-state index in [1.54, 1.807) is 0 Å². The fraction of sp³-hybridized carbons (Fsp3) is 0.364. The molecule has 2 atom stereocenters. The number of carbonyl (C=O) groups excluding carboxylic acids is 1. The second-order valence-corrected chi connectivity index (χ2v) is 3.14. The van der Waals surface area contributed by atoms with Crippen molar-refractivity contribution < 1.29 is 14.6 Å². The van der Waals surface area contributed by atoms with Gasteiger partial charge in [0.15, 0.2) is 6.29 Å². The lowest BCUT2D eigenvalue weighted by Crippen LogP contribution is -2.27. The third-order valence-corrected chi connectivity index (χ3v) is 1.89. The van der Waals surface area contributed by atoms with Crippen molar-refractivity contribution in [3.05, 3.63) is 35.9 Å². The van der Waals surface area contributed by atoms with Crippen molar-refractivity contribution in [1.29, 1.82) is 0 Å². The van der Waals surface area contributed by atoms with Gasteiger partial charge >= 0.3 is 0 Å². The molecule has 0 aliphatic carbocycles. The molecule has 0 saturated heterocycles. The highest BCUT2D eigenvalue weighted by atomic mass is 16.5. The van der Waals surface area contributed by atoms with Crippen LogP contribution in [-0.4, -0.2) is 23.6 Å². The van der Waals surface area contributed by atoms with Crippen LogP contribution >= 0.6 is 0 Å². The highest BCUT2D eigenvalue weighted by Crippen LogP contribution is 2.04. The standard InChI is InChI=1S/C11H14O3/c1-9(13)11(7-12)14-8-10-5-3-2-4-6-10/h2-7,9,11,13H,8H2,1H3/t9-,11-/m1/s1. The van der Waals surface area contributed by atoms with Crippen molar-refractivity contribution >= 4 is 6.29 Å². The average Bonchev–Trinajstić information content (AvgIpc) is 2.20. The summed E-state index contributed by atoms with van der Waals surface area (Å²) in [5, 5.41) is 9.13. The Hall–Kier alpha value is -1.19. The van der Waals surface area contributed by atoms with Crippen molar-refractivity contribution in [2.75, 3.05) is 0 Å². The lowest BCUT2D eigenvalue weighted by atomic mass is 10.2. The summed E-state index contributed by atoms with van der Waals surface area (Å²) in [6.45, 7) is 1.87. The van der Waals surface area contributed by atoms with E-state index in [9.17, 15) is 4.79 Å². The van der Waals surface area contributed by atoms with Gasteiger partial charge in [0, 0.05) is 0 Å². The minimum atomic E-state index is -0.767. The van der Waals surface area contributed by atoms with Gasteiger partial charge in [-0.1, -0.05) is 30.3 Å². The van der Waals surface area contributed by atoms with Crippen LogP contribution in [0.25, 0.3) is 0 Å². The third kappa shape index (κ3) is 3.28. The van der Waals surface area contributed by atoms with Crippen LogP contribution in [0.3, 0.4) is 0 Å². The number of aliphatic hydroxyl groups excluding tert-OH is 1. The van der Waals surface area contributed by atoms with Crippen LogP contribution in [0, 0.1) is 0 Å². The number of carbonyl (C=O) groups is 1. The number of ether oxygens (including phenoxy) is 1. The Morgan fingerprint density at radius 3 is 2.57 bits per heavy atom. The second-order valence-electron chi connectivity index (χ2n) is 3.14. The monoisotopic (exact) mass is 194 g/mol. The number of aliphatic hydroxyl groups is 1. The Balaban J connectivity index is 2.43. The van der Waals surface area contributed by atoms with Crippen molar-refractivity contribution in [3.63, 3.8) is 0 Å². The summed E-state index contributed by atoms with van der Waals surface area (Å²) >= 11 is 0. The molecule has 3 nitrogen and oxygen atoms in total. The Bertz CT molecular complexity index is 269. The van der Waals surface area contributed by atoms with E-state index in [1.165, 1.54) is 6.92 Å². The van der Waals surface area contributed by atoms with E-state index in [2.05, 4.69) is 0 Å². The Morgan fingerprint density at radius 2 is 2.07 bits per heavy atom. The molecule has 0 amide bonds. The number of aldehydes is 1. The molecule has 0 heterocycles.